The summed E-state index contributed by atoms with van der Waals surface area (Å²) in [5.41, 5.74) is 5.91. The number of carbonyl (C=O) groups excluding carboxylic acids is 1. The van der Waals surface area contributed by atoms with E-state index in [4.69, 9.17) is 17.3 Å². The van der Waals surface area contributed by atoms with E-state index < -0.39 is 16.4 Å². The number of para-hydroxylation sites is 2. The Labute approximate surface area is 173 Å². The Morgan fingerprint density at radius 3 is 2.62 bits per heavy atom. The van der Waals surface area contributed by atoms with Gasteiger partial charge in [0.05, 0.1) is 10.7 Å². The Morgan fingerprint density at radius 1 is 1.24 bits per heavy atom. The number of halogens is 1. The van der Waals surface area contributed by atoms with Crippen molar-refractivity contribution in [3.8, 4) is 5.69 Å². The third kappa shape index (κ3) is 4.92. The Bertz CT molecular complexity index is 1130. The average Bonchev–Trinajstić information content (AvgIpc) is 2.67. The van der Waals surface area contributed by atoms with Gasteiger partial charge in [-0.05, 0) is 30.3 Å². The lowest BCUT2D eigenvalue weighted by Crippen LogP contribution is -2.19. The van der Waals surface area contributed by atoms with Gasteiger partial charge in [0.2, 0.25) is 5.91 Å². The first-order chi connectivity index (χ1) is 13.8. The van der Waals surface area contributed by atoms with Crippen LogP contribution in [-0.4, -0.2) is 26.1 Å². The van der Waals surface area contributed by atoms with Crippen LogP contribution in [0.3, 0.4) is 0 Å². The molecule has 2 aromatic carbocycles. The SMILES string of the molecule is Nc1cc(=O)nc(SCC(=O)Nc2ccccc2[N+](=O)[O-])n1-c1ccc(Cl)cc1. The summed E-state index contributed by atoms with van der Waals surface area (Å²) in [4.78, 5) is 38.5. The number of hydrogen-bond donors (Lipinski definition) is 2. The van der Waals surface area contributed by atoms with Crippen LogP contribution in [0.2, 0.25) is 5.02 Å². The quantitative estimate of drug-likeness (QED) is 0.265. The van der Waals surface area contributed by atoms with Crippen LogP contribution in [-0.2, 0) is 4.79 Å². The van der Waals surface area contributed by atoms with Crippen LogP contribution in [0.25, 0.3) is 5.69 Å². The third-order valence-corrected chi connectivity index (χ3v) is 4.91. The number of nitro benzene ring substituents is 1. The zero-order valence-corrected chi connectivity index (χ0v) is 16.3. The van der Waals surface area contributed by atoms with Gasteiger partial charge in [-0.2, -0.15) is 4.98 Å². The van der Waals surface area contributed by atoms with Gasteiger partial charge in [-0.3, -0.25) is 24.3 Å². The summed E-state index contributed by atoms with van der Waals surface area (Å²) < 4.78 is 1.51. The molecule has 0 bridgehead atoms. The predicted molar refractivity (Wildman–Crippen MR) is 112 cm³/mol. The molecule has 3 N–H and O–H groups in total. The highest BCUT2D eigenvalue weighted by Crippen LogP contribution is 2.26. The molecule has 0 aliphatic carbocycles. The molecule has 0 radical (unpaired) electrons. The molecule has 0 atom stereocenters. The second-order valence-corrected chi connectivity index (χ2v) is 7.10. The second kappa shape index (κ2) is 8.76. The van der Waals surface area contributed by atoms with Crippen LogP contribution < -0.4 is 16.6 Å². The van der Waals surface area contributed by atoms with Crippen LogP contribution in [0.1, 0.15) is 0 Å². The van der Waals surface area contributed by atoms with Gasteiger partial charge >= 0.3 is 0 Å². The molecule has 9 nitrogen and oxygen atoms in total. The number of benzene rings is 2. The molecule has 11 heteroatoms. The molecule has 0 unspecified atom stereocenters. The molecule has 3 aromatic rings. The van der Waals surface area contributed by atoms with Crippen molar-refractivity contribution in [2.24, 2.45) is 0 Å². The minimum absolute atomic E-state index is 0.0822. The smallest absolute Gasteiger partial charge is 0.292 e. The molecule has 0 saturated heterocycles. The van der Waals surface area contributed by atoms with Gasteiger partial charge in [-0.1, -0.05) is 35.5 Å². The van der Waals surface area contributed by atoms with Crippen LogP contribution in [0.5, 0.6) is 0 Å². The van der Waals surface area contributed by atoms with E-state index >= 15 is 0 Å². The van der Waals surface area contributed by atoms with Crippen molar-refractivity contribution in [2.75, 3.05) is 16.8 Å². The van der Waals surface area contributed by atoms with Gasteiger partial charge in [0.15, 0.2) is 5.16 Å². The van der Waals surface area contributed by atoms with Crippen LogP contribution in [0, 0.1) is 10.1 Å². The Morgan fingerprint density at radius 2 is 1.93 bits per heavy atom. The summed E-state index contributed by atoms with van der Waals surface area (Å²) in [5, 5.41) is 14.3. The number of hydrogen-bond acceptors (Lipinski definition) is 7. The molecule has 0 spiro atoms. The Balaban J connectivity index is 1.82. The average molecular weight is 432 g/mol. The van der Waals surface area contributed by atoms with E-state index in [1.807, 2.05) is 0 Å². The molecule has 1 aromatic heterocycles. The molecule has 148 valence electrons. The van der Waals surface area contributed by atoms with Crippen molar-refractivity contribution < 1.29 is 9.72 Å². The number of rotatable bonds is 6. The fourth-order valence-electron chi connectivity index (χ4n) is 2.48. The number of nitrogen functional groups attached to an aromatic ring is 1. The molecule has 1 amide bonds. The van der Waals surface area contributed by atoms with Gasteiger partial charge < -0.3 is 11.1 Å². The van der Waals surface area contributed by atoms with E-state index in [1.54, 1.807) is 30.3 Å². The summed E-state index contributed by atoms with van der Waals surface area (Å²) in [6, 6.07) is 13.7. The first kappa shape index (κ1) is 20.4. The number of carbonyl (C=O) groups is 1. The lowest BCUT2D eigenvalue weighted by atomic mass is 10.2. The van der Waals surface area contributed by atoms with Crippen molar-refractivity contribution in [2.45, 2.75) is 5.16 Å². The number of nitrogens with two attached hydrogens (primary N) is 1. The van der Waals surface area contributed by atoms with Gasteiger partial charge in [0.1, 0.15) is 11.5 Å². The molecule has 0 aliphatic rings. The summed E-state index contributed by atoms with van der Waals surface area (Å²) >= 11 is 6.88. The van der Waals surface area contributed by atoms with Gasteiger partial charge in [-0.15, -0.1) is 0 Å². The summed E-state index contributed by atoms with van der Waals surface area (Å²) in [6.45, 7) is 0. The van der Waals surface area contributed by atoms with Crippen molar-refractivity contribution in [3.05, 3.63) is 80.1 Å². The number of thioether (sulfide) groups is 1. The molecule has 29 heavy (non-hydrogen) atoms. The van der Waals surface area contributed by atoms with Crippen LogP contribution in [0.4, 0.5) is 17.2 Å². The molecule has 0 aliphatic heterocycles. The summed E-state index contributed by atoms with van der Waals surface area (Å²) in [5.74, 6) is -0.493. The zero-order valence-electron chi connectivity index (χ0n) is 14.7. The maximum Gasteiger partial charge on any atom is 0.292 e. The minimum atomic E-state index is -0.583. The van der Waals surface area contributed by atoms with E-state index in [2.05, 4.69) is 10.3 Å². The largest absolute Gasteiger partial charge is 0.385 e. The van der Waals surface area contributed by atoms with E-state index in [9.17, 15) is 19.7 Å². The first-order valence-electron chi connectivity index (χ1n) is 8.17. The number of nitro groups is 1. The van der Waals surface area contributed by atoms with Crippen LogP contribution >= 0.6 is 23.4 Å². The fourth-order valence-corrected chi connectivity index (χ4v) is 3.43. The Kier molecular flexibility index (Phi) is 6.15. The topological polar surface area (TPSA) is 133 Å². The van der Waals surface area contributed by atoms with Crippen molar-refractivity contribution in [3.63, 3.8) is 0 Å². The molecule has 1 heterocycles. The minimum Gasteiger partial charge on any atom is -0.385 e. The van der Waals surface area contributed by atoms with E-state index in [1.165, 1.54) is 28.8 Å². The second-order valence-electron chi connectivity index (χ2n) is 5.72. The van der Waals surface area contributed by atoms with Crippen LogP contribution in [0.15, 0.2) is 64.5 Å². The van der Waals surface area contributed by atoms with E-state index in [-0.39, 0.29) is 28.1 Å². The third-order valence-electron chi connectivity index (χ3n) is 3.72. The highest BCUT2D eigenvalue weighted by Gasteiger charge is 2.16. The van der Waals surface area contributed by atoms with Crippen molar-refractivity contribution in [1.29, 1.82) is 0 Å². The maximum atomic E-state index is 12.3. The van der Waals surface area contributed by atoms with E-state index in [0.29, 0.717) is 10.7 Å². The monoisotopic (exact) mass is 431 g/mol. The molecule has 0 fully saturated rings. The highest BCUT2D eigenvalue weighted by molar-refractivity contribution is 7.99. The number of aromatic nitrogens is 2. The van der Waals surface area contributed by atoms with Crippen molar-refractivity contribution >= 4 is 46.5 Å². The molecular formula is C18H14ClN5O4S. The number of nitrogens with one attached hydrogen (secondary N) is 1. The molecular weight excluding hydrogens is 418 g/mol. The summed E-state index contributed by atoms with van der Waals surface area (Å²) in [6.07, 6.45) is 0. The fraction of sp³-hybridized carbons (Fsp3) is 0.0556. The molecule has 3 rings (SSSR count). The number of anilines is 2. The summed E-state index contributed by atoms with van der Waals surface area (Å²) in [7, 11) is 0. The number of nitrogens with zero attached hydrogens (tertiary/aromatic N) is 3. The lowest BCUT2D eigenvalue weighted by Gasteiger charge is -2.14. The first-order valence-corrected chi connectivity index (χ1v) is 9.53. The normalized spacial score (nSPS) is 10.5. The standard InChI is InChI=1S/C18H14ClN5O4S/c19-11-5-7-12(8-6-11)23-15(20)9-16(25)22-18(23)29-10-17(26)21-13-3-1-2-4-14(13)24(27)28/h1-9H,10,20H2,(H,21,26). The van der Waals surface area contributed by atoms with Gasteiger partial charge in [0, 0.05) is 22.8 Å². The molecule has 0 saturated carbocycles. The van der Waals surface area contributed by atoms with Gasteiger partial charge in [-0.25, -0.2) is 0 Å². The lowest BCUT2D eigenvalue weighted by molar-refractivity contribution is -0.383. The predicted octanol–water partition coefficient (Wildman–Crippen LogP) is 3.11. The Hall–Kier alpha value is -3.37. The van der Waals surface area contributed by atoms with Gasteiger partial charge in [0.25, 0.3) is 11.2 Å². The van der Waals surface area contributed by atoms with Crippen molar-refractivity contribution in [1.82, 2.24) is 9.55 Å². The zero-order chi connectivity index (χ0) is 21.0. The maximum absolute atomic E-state index is 12.3. The van der Waals surface area contributed by atoms with E-state index in [0.717, 1.165) is 11.8 Å². The number of amides is 1. The highest BCUT2D eigenvalue weighted by atomic mass is 35.5.